The second-order valence-corrected chi connectivity index (χ2v) is 4.92. The van der Waals surface area contributed by atoms with Gasteiger partial charge in [-0.1, -0.05) is 31.2 Å². The average Bonchev–Trinajstić information content (AvgIpc) is 2.95. The average molecular weight is 277 g/mol. The minimum Gasteiger partial charge on any atom is -0.479 e. The van der Waals surface area contributed by atoms with E-state index >= 15 is 0 Å². The molecule has 0 saturated carbocycles. The van der Waals surface area contributed by atoms with Gasteiger partial charge in [-0.15, -0.1) is 0 Å². The fourth-order valence-corrected chi connectivity index (χ4v) is 2.21. The second kappa shape index (κ2) is 6.52. The van der Waals surface area contributed by atoms with Crippen LogP contribution in [0.4, 0.5) is 0 Å². The van der Waals surface area contributed by atoms with Gasteiger partial charge in [-0.05, 0) is 30.4 Å². The molecule has 1 amide bonds. The third-order valence-electron chi connectivity index (χ3n) is 3.49. The number of carboxylic acid groups (broad SMARTS) is 1. The predicted molar refractivity (Wildman–Crippen MR) is 73.2 cm³/mol. The lowest BCUT2D eigenvalue weighted by molar-refractivity contribution is -0.151. The van der Waals surface area contributed by atoms with Gasteiger partial charge in [0, 0.05) is 6.54 Å². The lowest BCUT2D eigenvalue weighted by Gasteiger charge is -2.12. The summed E-state index contributed by atoms with van der Waals surface area (Å²) in [4.78, 5) is 22.6. The Morgan fingerprint density at radius 2 is 1.80 bits per heavy atom. The molecule has 0 radical (unpaired) electrons. The van der Waals surface area contributed by atoms with E-state index < -0.39 is 18.2 Å². The highest BCUT2D eigenvalue weighted by atomic mass is 16.5. The molecule has 0 aliphatic carbocycles. The van der Waals surface area contributed by atoms with E-state index in [9.17, 15) is 9.59 Å². The van der Waals surface area contributed by atoms with Crippen LogP contribution >= 0.6 is 0 Å². The molecular weight excluding hydrogens is 258 g/mol. The number of aryl methyl sites for hydroxylation is 1. The van der Waals surface area contributed by atoms with Crippen molar-refractivity contribution < 1.29 is 19.4 Å². The first-order valence-corrected chi connectivity index (χ1v) is 6.84. The van der Waals surface area contributed by atoms with Crippen molar-refractivity contribution in [2.75, 3.05) is 0 Å². The van der Waals surface area contributed by atoms with Crippen LogP contribution in [-0.4, -0.2) is 29.2 Å². The summed E-state index contributed by atoms with van der Waals surface area (Å²) in [5.74, 6) is -1.25. The molecule has 1 aromatic carbocycles. The van der Waals surface area contributed by atoms with Gasteiger partial charge in [0.05, 0.1) is 0 Å². The fourth-order valence-electron chi connectivity index (χ4n) is 2.21. The zero-order valence-corrected chi connectivity index (χ0v) is 11.5. The molecule has 1 saturated heterocycles. The standard InChI is InChI=1S/C15H19NO4/c1-2-10-3-5-11(6-4-10)9-16-14(17)12-7-8-13(20-12)15(18)19/h3-6,12-13H,2,7-9H2,1H3,(H,16,17)(H,18,19)/t12-,13+/m0/s1. The monoisotopic (exact) mass is 277 g/mol. The molecular formula is C15H19NO4. The largest absolute Gasteiger partial charge is 0.479 e. The Morgan fingerprint density at radius 3 is 2.35 bits per heavy atom. The molecule has 2 atom stereocenters. The molecule has 5 nitrogen and oxygen atoms in total. The number of ether oxygens (including phenoxy) is 1. The van der Waals surface area contributed by atoms with Crippen LogP contribution in [0.15, 0.2) is 24.3 Å². The van der Waals surface area contributed by atoms with Gasteiger partial charge in [0.2, 0.25) is 5.91 Å². The van der Waals surface area contributed by atoms with Crippen LogP contribution in [-0.2, 0) is 27.3 Å². The normalized spacial score (nSPS) is 21.6. The van der Waals surface area contributed by atoms with Crippen molar-refractivity contribution in [2.45, 2.75) is 44.9 Å². The van der Waals surface area contributed by atoms with Crippen molar-refractivity contribution in [2.24, 2.45) is 0 Å². The molecule has 0 bridgehead atoms. The summed E-state index contributed by atoms with van der Waals surface area (Å²) in [7, 11) is 0. The first-order chi connectivity index (χ1) is 9.60. The number of carbonyl (C=O) groups is 2. The molecule has 2 rings (SSSR count). The number of carboxylic acids is 1. The molecule has 5 heteroatoms. The van der Waals surface area contributed by atoms with Gasteiger partial charge in [0.1, 0.15) is 6.10 Å². The molecule has 0 unspecified atom stereocenters. The Labute approximate surface area is 117 Å². The maximum absolute atomic E-state index is 11.9. The maximum Gasteiger partial charge on any atom is 0.332 e. The third kappa shape index (κ3) is 3.57. The van der Waals surface area contributed by atoms with Crippen molar-refractivity contribution >= 4 is 11.9 Å². The number of rotatable bonds is 5. The summed E-state index contributed by atoms with van der Waals surface area (Å²) >= 11 is 0. The van der Waals surface area contributed by atoms with E-state index in [-0.39, 0.29) is 5.91 Å². The molecule has 108 valence electrons. The Kier molecular flexibility index (Phi) is 4.74. The summed E-state index contributed by atoms with van der Waals surface area (Å²) in [5.41, 5.74) is 2.27. The smallest absolute Gasteiger partial charge is 0.332 e. The van der Waals surface area contributed by atoms with Gasteiger partial charge >= 0.3 is 5.97 Å². The maximum atomic E-state index is 11.9. The van der Waals surface area contributed by atoms with Gasteiger partial charge in [-0.25, -0.2) is 4.79 Å². The highest BCUT2D eigenvalue weighted by Gasteiger charge is 2.34. The number of hydrogen-bond acceptors (Lipinski definition) is 3. The highest BCUT2D eigenvalue weighted by Crippen LogP contribution is 2.20. The number of benzene rings is 1. The number of nitrogens with one attached hydrogen (secondary N) is 1. The van der Waals surface area contributed by atoms with Gasteiger partial charge < -0.3 is 15.2 Å². The van der Waals surface area contributed by atoms with Crippen LogP contribution in [0.25, 0.3) is 0 Å². The topological polar surface area (TPSA) is 75.6 Å². The zero-order valence-electron chi connectivity index (χ0n) is 11.5. The van der Waals surface area contributed by atoms with Crippen LogP contribution in [0.1, 0.15) is 30.9 Å². The van der Waals surface area contributed by atoms with Gasteiger partial charge in [0.25, 0.3) is 0 Å². The third-order valence-corrected chi connectivity index (χ3v) is 3.49. The molecule has 1 fully saturated rings. The van der Waals surface area contributed by atoms with E-state index in [4.69, 9.17) is 9.84 Å². The van der Waals surface area contributed by atoms with E-state index in [0.29, 0.717) is 19.4 Å². The molecule has 1 aromatic rings. The number of carbonyl (C=O) groups excluding carboxylic acids is 1. The van der Waals surface area contributed by atoms with Crippen LogP contribution in [0.2, 0.25) is 0 Å². The Balaban J connectivity index is 1.81. The van der Waals surface area contributed by atoms with Gasteiger partial charge in [0.15, 0.2) is 6.10 Å². The summed E-state index contributed by atoms with van der Waals surface area (Å²) < 4.78 is 5.20. The van der Waals surface area contributed by atoms with E-state index in [1.165, 1.54) is 5.56 Å². The fraction of sp³-hybridized carbons (Fsp3) is 0.467. The summed E-state index contributed by atoms with van der Waals surface area (Å²) in [5, 5.41) is 11.6. The predicted octanol–water partition coefficient (Wildman–Crippen LogP) is 1.50. The van der Waals surface area contributed by atoms with Crippen molar-refractivity contribution in [1.29, 1.82) is 0 Å². The number of aliphatic carboxylic acids is 1. The molecule has 2 N–H and O–H groups in total. The summed E-state index contributed by atoms with van der Waals surface area (Å²) in [6.45, 7) is 2.52. The first-order valence-electron chi connectivity index (χ1n) is 6.84. The molecule has 0 aromatic heterocycles. The molecule has 1 aliphatic heterocycles. The minimum atomic E-state index is -1.00. The SMILES string of the molecule is CCc1ccc(CNC(=O)[C@@H]2CC[C@H](C(=O)O)O2)cc1. The molecule has 1 aliphatic rings. The van der Waals surface area contributed by atoms with Crippen molar-refractivity contribution in [3.05, 3.63) is 35.4 Å². The van der Waals surface area contributed by atoms with Gasteiger partial charge in [-0.2, -0.15) is 0 Å². The first kappa shape index (κ1) is 14.5. The lowest BCUT2D eigenvalue weighted by Crippen LogP contribution is -2.35. The zero-order chi connectivity index (χ0) is 14.5. The van der Waals surface area contributed by atoms with E-state index in [2.05, 4.69) is 12.2 Å². The Morgan fingerprint density at radius 1 is 1.20 bits per heavy atom. The Bertz CT molecular complexity index is 483. The van der Waals surface area contributed by atoms with Crippen molar-refractivity contribution in [1.82, 2.24) is 5.32 Å². The number of hydrogen-bond donors (Lipinski definition) is 2. The summed E-state index contributed by atoms with van der Waals surface area (Å²) in [6, 6.07) is 8.03. The molecule has 0 spiro atoms. The van der Waals surface area contributed by atoms with Crippen molar-refractivity contribution in [3.8, 4) is 0 Å². The highest BCUT2D eigenvalue weighted by molar-refractivity contribution is 5.82. The van der Waals surface area contributed by atoms with Crippen LogP contribution in [0.3, 0.4) is 0 Å². The van der Waals surface area contributed by atoms with Gasteiger partial charge in [-0.3, -0.25) is 4.79 Å². The number of amides is 1. The lowest BCUT2D eigenvalue weighted by atomic mass is 10.1. The van der Waals surface area contributed by atoms with E-state index in [1.807, 2.05) is 24.3 Å². The van der Waals surface area contributed by atoms with Crippen LogP contribution in [0.5, 0.6) is 0 Å². The summed E-state index contributed by atoms with van der Waals surface area (Å²) in [6.07, 6.45) is 0.329. The van der Waals surface area contributed by atoms with Crippen molar-refractivity contribution in [3.63, 3.8) is 0 Å². The minimum absolute atomic E-state index is 0.242. The van der Waals surface area contributed by atoms with E-state index in [1.54, 1.807) is 0 Å². The molecule has 20 heavy (non-hydrogen) atoms. The second-order valence-electron chi connectivity index (χ2n) is 4.92. The van der Waals surface area contributed by atoms with Crippen LogP contribution < -0.4 is 5.32 Å². The van der Waals surface area contributed by atoms with Crippen LogP contribution in [0, 0.1) is 0 Å². The van der Waals surface area contributed by atoms with E-state index in [0.717, 1.165) is 12.0 Å². The molecule has 1 heterocycles. The Hall–Kier alpha value is -1.88. The quantitative estimate of drug-likeness (QED) is 0.855.